The Morgan fingerprint density at radius 1 is 1.73 bits per heavy atom. The van der Waals surface area contributed by atoms with Crippen LogP contribution >= 0.6 is 0 Å². The van der Waals surface area contributed by atoms with Crippen LogP contribution in [0.2, 0.25) is 0 Å². The summed E-state index contributed by atoms with van der Waals surface area (Å²) in [5.41, 5.74) is -0.00576. The van der Waals surface area contributed by atoms with E-state index in [0.29, 0.717) is 0 Å². The van der Waals surface area contributed by atoms with E-state index in [9.17, 15) is 9.90 Å². The Bertz CT molecular complexity index is 161. The van der Waals surface area contributed by atoms with Gasteiger partial charge in [0.15, 0.2) is 0 Å². The molecule has 1 atom stereocenters. The Morgan fingerprint density at radius 3 is 2.64 bits per heavy atom. The third-order valence-corrected chi connectivity index (χ3v) is 2.43. The zero-order valence-corrected chi connectivity index (χ0v) is 6.96. The van der Waals surface area contributed by atoms with E-state index in [1.807, 2.05) is 6.92 Å². The molecule has 0 aromatic carbocycles. The van der Waals surface area contributed by atoms with E-state index in [4.69, 9.17) is 0 Å². The summed E-state index contributed by atoms with van der Waals surface area (Å²) in [5, 5.41) is 9.45. The molecule has 0 heterocycles. The lowest BCUT2D eigenvalue weighted by Crippen LogP contribution is -2.23. The van der Waals surface area contributed by atoms with E-state index in [-0.39, 0.29) is 17.8 Å². The number of hydrogen-bond donors (Lipinski definition) is 1. The average Bonchev–Trinajstić information content (AvgIpc) is 2.69. The monoisotopic (exact) mass is 158 g/mol. The summed E-state index contributed by atoms with van der Waals surface area (Å²) in [6, 6.07) is 0. The van der Waals surface area contributed by atoms with Gasteiger partial charge in [0.25, 0.3) is 0 Å². The van der Waals surface area contributed by atoms with Gasteiger partial charge in [0, 0.05) is 0 Å². The minimum atomic E-state index is -0.519. The van der Waals surface area contributed by atoms with Crippen molar-refractivity contribution in [3.63, 3.8) is 0 Å². The maximum absolute atomic E-state index is 10.7. The molecule has 3 heteroatoms. The Kier molecular flexibility index (Phi) is 2.18. The van der Waals surface area contributed by atoms with Crippen LogP contribution in [-0.4, -0.2) is 24.3 Å². The van der Waals surface area contributed by atoms with Gasteiger partial charge in [0.2, 0.25) is 0 Å². The van der Waals surface area contributed by atoms with Gasteiger partial charge in [0.05, 0.1) is 19.6 Å². The van der Waals surface area contributed by atoms with Crippen LogP contribution in [0, 0.1) is 5.41 Å². The Balaban J connectivity index is 2.31. The van der Waals surface area contributed by atoms with Gasteiger partial charge in [-0.15, -0.1) is 0 Å². The van der Waals surface area contributed by atoms with Gasteiger partial charge < -0.3 is 9.84 Å². The highest BCUT2D eigenvalue weighted by atomic mass is 16.5. The van der Waals surface area contributed by atoms with Gasteiger partial charge >= 0.3 is 5.97 Å². The predicted octanol–water partition coefficient (Wildman–Crippen LogP) is 0.710. The van der Waals surface area contributed by atoms with Crippen molar-refractivity contribution in [1.29, 1.82) is 0 Å². The zero-order chi connectivity index (χ0) is 8.48. The molecule has 1 N–H and O–H groups in total. The lowest BCUT2D eigenvalue weighted by atomic mass is 9.99. The van der Waals surface area contributed by atoms with Gasteiger partial charge in [-0.3, -0.25) is 4.79 Å². The fourth-order valence-electron chi connectivity index (χ4n) is 1.02. The minimum absolute atomic E-state index is 0.00576. The first kappa shape index (κ1) is 8.53. The highest BCUT2D eigenvalue weighted by molar-refractivity contribution is 5.69. The van der Waals surface area contributed by atoms with Crippen molar-refractivity contribution in [2.75, 3.05) is 7.11 Å². The third-order valence-electron chi connectivity index (χ3n) is 2.43. The number of hydrogen-bond acceptors (Lipinski definition) is 3. The lowest BCUT2D eigenvalue weighted by molar-refractivity contribution is -0.143. The second-order valence-electron chi connectivity index (χ2n) is 3.45. The molecule has 0 bridgehead atoms. The Labute approximate surface area is 66.4 Å². The molecule has 0 aromatic heterocycles. The summed E-state index contributed by atoms with van der Waals surface area (Å²) in [5.74, 6) is -0.328. The quantitative estimate of drug-likeness (QED) is 0.615. The first-order chi connectivity index (χ1) is 5.08. The highest BCUT2D eigenvalue weighted by Gasteiger charge is 2.44. The van der Waals surface area contributed by atoms with E-state index < -0.39 is 6.10 Å². The first-order valence-electron chi connectivity index (χ1n) is 3.83. The summed E-state index contributed by atoms with van der Waals surface area (Å²) in [6.45, 7) is 1.99. The molecule has 64 valence electrons. The molecule has 3 nitrogen and oxygen atoms in total. The third kappa shape index (κ3) is 1.93. The van der Waals surface area contributed by atoms with Crippen LogP contribution in [0.5, 0.6) is 0 Å². The van der Waals surface area contributed by atoms with Gasteiger partial charge in [-0.25, -0.2) is 0 Å². The van der Waals surface area contributed by atoms with Crippen molar-refractivity contribution in [3.8, 4) is 0 Å². The maximum atomic E-state index is 10.7. The summed E-state index contributed by atoms with van der Waals surface area (Å²) in [6.07, 6.45) is 1.65. The molecule has 0 aromatic rings. The van der Waals surface area contributed by atoms with Crippen molar-refractivity contribution in [1.82, 2.24) is 0 Å². The molecule has 11 heavy (non-hydrogen) atoms. The second-order valence-corrected chi connectivity index (χ2v) is 3.45. The normalized spacial score (nSPS) is 22.5. The smallest absolute Gasteiger partial charge is 0.308 e. The number of aliphatic hydroxyl groups excluding tert-OH is 1. The van der Waals surface area contributed by atoms with Crippen molar-refractivity contribution < 1.29 is 14.6 Å². The number of ether oxygens (including phenoxy) is 1. The van der Waals surface area contributed by atoms with Crippen molar-refractivity contribution in [2.45, 2.75) is 32.3 Å². The van der Waals surface area contributed by atoms with Gasteiger partial charge in [-0.05, 0) is 18.3 Å². The molecule has 0 amide bonds. The van der Waals surface area contributed by atoms with Crippen molar-refractivity contribution in [2.24, 2.45) is 5.41 Å². The standard InChI is InChI=1S/C8H14O3/c1-8(3-4-8)6(9)5-7(10)11-2/h6,9H,3-5H2,1-2H3/t6-/m0/s1. The summed E-state index contributed by atoms with van der Waals surface area (Å²) < 4.78 is 4.44. The number of aliphatic hydroxyl groups is 1. The van der Waals surface area contributed by atoms with Crippen LogP contribution < -0.4 is 0 Å². The van der Waals surface area contributed by atoms with Crippen molar-refractivity contribution in [3.05, 3.63) is 0 Å². The number of esters is 1. The predicted molar refractivity (Wildman–Crippen MR) is 40.0 cm³/mol. The maximum Gasteiger partial charge on any atom is 0.308 e. The molecule has 0 radical (unpaired) electrons. The summed E-state index contributed by atoms with van der Waals surface area (Å²) >= 11 is 0. The van der Waals surface area contributed by atoms with Crippen LogP contribution in [0.1, 0.15) is 26.2 Å². The molecule has 1 saturated carbocycles. The lowest BCUT2D eigenvalue weighted by Gasteiger charge is -2.15. The molecular formula is C8H14O3. The first-order valence-corrected chi connectivity index (χ1v) is 3.83. The van der Waals surface area contributed by atoms with E-state index >= 15 is 0 Å². The summed E-state index contributed by atoms with van der Waals surface area (Å²) in [7, 11) is 1.34. The molecule has 0 unspecified atom stereocenters. The van der Waals surface area contributed by atoms with Crippen LogP contribution in [0.4, 0.5) is 0 Å². The SMILES string of the molecule is COC(=O)C[C@H](O)C1(C)CC1. The fraction of sp³-hybridized carbons (Fsp3) is 0.875. The summed E-state index contributed by atoms with van der Waals surface area (Å²) in [4.78, 5) is 10.7. The molecule has 1 rings (SSSR count). The van der Waals surface area contributed by atoms with Gasteiger partial charge in [0.1, 0.15) is 0 Å². The van der Waals surface area contributed by atoms with Crippen LogP contribution in [0.15, 0.2) is 0 Å². The van der Waals surface area contributed by atoms with E-state index in [2.05, 4.69) is 4.74 Å². The van der Waals surface area contributed by atoms with Crippen LogP contribution in [0.3, 0.4) is 0 Å². The molecule has 0 spiro atoms. The molecule has 1 fully saturated rings. The van der Waals surface area contributed by atoms with E-state index in [0.717, 1.165) is 12.8 Å². The Morgan fingerprint density at radius 2 is 2.27 bits per heavy atom. The fourth-order valence-corrected chi connectivity index (χ4v) is 1.02. The zero-order valence-electron chi connectivity index (χ0n) is 6.96. The average molecular weight is 158 g/mol. The number of carbonyl (C=O) groups is 1. The largest absolute Gasteiger partial charge is 0.469 e. The molecule has 0 saturated heterocycles. The van der Waals surface area contributed by atoms with Crippen molar-refractivity contribution >= 4 is 5.97 Å². The minimum Gasteiger partial charge on any atom is -0.469 e. The molecule has 0 aliphatic heterocycles. The molecule has 1 aliphatic rings. The molecular weight excluding hydrogens is 144 g/mol. The molecule has 1 aliphatic carbocycles. The highest BCUT2D eigenvalue weighted by Crippen LogP contribution is 2.48. The number of carbonyl (C=O) groups excluding carboxylic acids is 1. The van der Waals surface area contributed by atoms with Crippen LogP contribution in [0.25, 0.3) is 0 Å². The van der Waals surface area contributed by atoms with Gasteiger partial charge in [-0.1, -0.05) is 6.92 Å². The van der Waals surface area contributed by atoms with Crippen LogP contribution in [-0.2, 0) is 9.53 Å². The van der Waals surface area contributed by atoms with Gasteiger partial charge in [-0.2, -0.15) is 0 Å². The Hall–Kier alpha value is -0.570. The number of methoxy groups -OCH3 is 1. The topological polar surface area (TPSA) is 46.5 Å². The number of rotatable bonds is 3. The van der Waals surface area contributed by atoms with E-state index in [1.54, 1.807) is 0 Å². The second kappa shape index (κ2) is 2.81. The van der Waals surface area contributed by atoms with E-state index in [1.165, 1.54) is 7.11 Å².